The fourth-order valence-corrected chi connectivity index (χ4v) is 3.90. The van der Waals surface area contributed by atoms with Gasteiger partial charge in [-0.25, -0.2) is 9.18 Å². The molecule has 5 heteroatoms. The summed E-state index contributed by atoms with van der Waals surface area (Å²) in [6, 6.07) is 9.76. The Kier molecular flexibility index (Phi) is 5.52. The topological polar surface area (TPSA) is 55.4 Å². The van der Waals surface area contributed by atoms with E-state index in [-0.39, 0.29) is 28.6 Å². The van der Waals surface area contributed by atoms with Crippen LogP contribution in [0.25, 0.3) is 0 Å². The first-order chi connectivity index (χ1) is 13.5. The van der Waals surface area contributed by atoms with Crippen molar-refractivity contribution < 1.29 is 18.7 Å². The molecule has 1 aliphatic rings. The van der Waals surface area contributed by atoms with E-state index in [4.69, 9.17) is 4.74 Å². The monoisotopic (exact) mass is 397 g/mol. The minimum atomic E-state index is -0.774. The van der Waals surface area contributed by atoms with E-state index in [1.54, 1.807) is 6.92 Å². The van der Waals surface area contributed by atoms with Crippen LogP contribution >= 0.6 is 0 Å². The van der Waals surface area contributed by atoms with Gasteiger partial charge >= 0.3 is 5.97 Å². The Labute approximate surface area is 171 Å². The summed E-state index contributed by atoms with van der Waals surface area (Å²) in [5.74, 6) is -1.94. The summed E-state index contributed by atoms with van der Waals surface area (Å²) in [4.78, 5) is 24.4. The van der Waals surface area contributed by atoms with Crippen LogP contribution in [0.2, 0.25) is 0 Å². The number of ether oxygens (including phenoxy) is 1. The van der Waals surface area contributed by atoms with Gasteiger partial charge in [0.25, 0.3) is 5.91 Å². The molecule has 1 aliphatic carbocycles. The average molecular weight is 397 g/mol. The summed E-state index contributed by atoms with van der Waals surface area (Å²) >= 11 is 0. The second-order valence-corrected chi connectivity index (χ2v) is 8.90. The van der Waals surface area contributed by atoms with E-state index < -0.39 is 17.7 Å². The third kappa shape index (κ3) is 4.19. The Morgan fingerprint density at radius 1 is 1.00 bits per heavy atom. The Bertz CT molecular complexity index is 963. The molecule has 2 aromatic carbocycles. The maximum Gasteiger partial charge on any atom is 0.341 e. The van der Waals surface area contributed by atoms with Crippen LogP contribution in [0.5, 0.6) is 0 Å². The Balaban J connectivity index is 1.85. The summed E-state index contributed by atoms with van der Waals surface area (Å²) in [6.07, 6.45) is 2.19. The second-order valence-electron chi connectivity index (χ2n) is 8.90. The molecule has 1 amide bonds. The summed E-state index contributed by atoms with van der Waals surface area (Å²) in [5.41, 5.74) is 3.30. The highest BCUT2D eigenvalue weighted by molar-refractivity contribution is 6.05. The molecule has 0 aliphatic heterocycles. The Morgan fingerprint density at radius 3 is 2.28 bits per heavy atom. The summed E-state index contributed by atoms with van der Waals surface area (Å²) < 4.78 is 19.1. The van der Waals surface area contributed by atoms with Crippen molar-refractivity contribution in [3.05, 3.63) is 64.5 Å². The molecule has 0 aromatic heterocycles. The first-order valence-electron chi connectivity index (χ1n) is 9.98. The number of halogens is 1. The zero-order valence-corrected chi connectivity index (χ0v) is 17.7. The second kappa shape index (κ2) is 7.62. The van der Waals surface area contributed by atoms with Crippen LogP contribution in [0.4, 0.5) is 10.1 Å². The quantitative estimate of drug-likeness (QED) is 0.683. The number of esters is 1. The fourth-order valence-electron chi connectivity index (χ4n) is 3.90. The van der Waals surface area contributed by atoms with Crippen molar-refractivity contribution in [2.75, 3.05) is 11.9 Å². The lowest BCUT2D eigenvalue weighted by molar-refractivity contribution is 0.0520. The van der Waals surface area contributed by atoms with Gasteiger partial charge in [0.05, 0.1) is 12.2 Å². The number of benzene rings is 2. The fraction of sp³-hybridized carbons (Fsp3) is 0.417. The molecule has 0 saturated carbocycles. The first kappa shape index (κ1) is 21.0. The molecule has 4 nitrogen and oxygen atoms in total. The number of rotatable bonds is 4. The number of nitrogens with one attached hydrogen (secondary N) is 1. The third-order valence-corrected chi connectivity index (χ3v) is 5.84. The number of hydrogen-bond donors (Lipinski definition) is 1. The van der Waals surface area contributed by atoms with Crippen molar-refractivity contribution in [2.24, 2.45) is 0 Å². The number of carbonyl (C=O) groups is 2. The Hall–Kier alpha value is -2.69. The molecule has 0 fully saturated rings. The standard InChI is InChI=1S/C24H28FNO3/c1-6-29-22(28)17-9-7-15(13-20(17)25)21(27)26-16-8-10-18-19(14-16)24(4,5)12-11-23(18,2)3/h7-10,13-14H,6,11-12H2,1-5H3,(H,26,27). The lowest BCUT2D eigenvalue weighted by Crippen LogP contribution is -2.33. The van der Waals surface area contributed by atoms with E-state index >= 15 is 0 Å². The normalized spacial score (nSPS) is 16.6. The van der Waals surface area contributed by atoms with Crippen molar-refractivity contribution in [1.29, 1.82) is 0 Å². The van der Waals surface area contributed by atoms with Crippen LogP contribution in [-0.4, -0.2) is 18.5 Å². The zero-order chi connectivity index (χ0) is 21.4. The maximum absolute atomic E-state index is 14.3. The molecule has 0 bridgehead atoms. The van der Waals surface area contributed by atoms with Gasteiger partial charge in [-0.15, -0.1) is 0 Å². The van der Waals surface area contributed by atoms with E-state index in [1.807, 2.05) is 12.1 Å². The third-order valence-electron chi connectivity index (χ3n) is 5.84. The minimum absolute atomic E-state index is 0.0268. The summed E-state index contributed by atoms with van der Waals surface area (Å²) in [6.45, 7) is 10.7. The summed E-state index contributed by atoms with van der Waals surface area (Å²) in [5, 5.41) is 2.85. The first-order valence-corrected chi connectivity index (χ1v) is 9.98. The smallest absolute Gasteiger partial charge is 0.341 e. The number of anilines is 1. The largest absolute Gasteiger partial charge is 0.462 e. The van der Waals surface area contributed by atoms with Gasteiger partial charge in [-0.3, -0.25) is 4.79 Å². The SMILES string of the molecule is CCOC(=O)c1ccc(C(=O)Nc2ccc3c(c2)C(C)(C)CCC3(C)C)cc1F. The Morgan fingerprint density at radius 2 is 1.66 bits per heavy atom. The van der Waals surface area contributed by atoms with E-state index in [2.05, 4.69) is 39.1 Å². The van der Waals surface area contributed by atoms with Crippen LogP contribution in [0.3, 0.4) is 0 Å². The molecular formula is C24H28FNO3. The van der Waals surface area contributed by atoms with E-state index in [0.29, 0.717) is 5.69 Å². The molecule has 0 heterocycles. The van der Waals surface area contributed by atoms with Gasteiger partial charge in [-0.2, -0.15) is 0 Å². The van der Waals surface area contributed by atoms with Crippen LogP contribution < -0.4 is 5.32 Å². The van der Waals surface area contributed by atoms with Crippen molar-refractivity contribution in [1.82, 2.24) is 0 Å². The highest BCUT2D eigenvalue weighted by atomic mass is 19.1. The predicted octanol–water partition coefficient (Wildman–Crippen LogP) is 5.60. The van der Waals surface area contributed by atoms with Gasteiger partial charge in [0.2, 0.25) is 0 Å². The van der Waals surface area contributed by atoms with Crippen molar-refractivity contribution in [3.8, 4) is 0 Å². The molecule has 0 atom stereocenters. The van der Waals surface area contributed by atoms with E-state index in [1.165, 1.54) is 23.3 Å². The van der Waals surface area contributed by atoms with Crippen LogP contribution in [0.1, 0.15) is 79.3 Å². The molecule has 29 heavy (non-hydrogen) atoms. The van der Waals surface area contributed by atoms with Crippen LogP contribution in [-0.2, 0) is 15.6 Å². The van der Waals surface area contributed by atoms with Gasteiger partial charge < -0.3 is 10.1 Å². The van der Waals surface area contributed by atoms with Gasteiger partial charge in [-0.05, 0) is 72.1 Å². The van der Waals surface area contributed by atoms with Gasteiger partial charge in [0.1, 0.15) is 5.82 Å². The molecular weight excluding hydrogens is 369 g/mol. The average Bonchev–Trinajstić information content (AvgIpc) is 2.65. The molecule has 0 unspecified atom stereocenters. The zero-order valence-electron chi connectivity index (χ0n) is 17.7. The van der Waals surface area contributed by atoms with Crippen LogP contribution in [0, 0.1) is 5.82 Å². The van der Waals surface area contributed by atoms with Gasteiger partial charge in [0.15, 0.2) is 0 Å². The highest BCUT2D eigenvalue weighted by Crippen LogP contribution is 2.46. The maximum atomic E-state index is 14.3. The molecule has 1 N–H and O–H groups in total. The van der Waals surface area contributed by atoms with Gasteiger partial charge in [-0.1, -0.05) is 33.8 Å². The molecule has 0 saturated heterocycles. The van der Waals surface area contributed by atoms with Crippen molar-refractivity contribution >= 4 is 17.6 Å². The van der Waals surface area contributed by atoms with E-state index in [0.717, 1.165) is 18.9 Å². The lowest BCUT2D eigenvalue weighted by Gasteiger charge is -2.42. The van der Waals surface area contributed by atoms with Gasteiger partial charge in [0, 0.05) is 11.3 Å². The molecule has 3 rings (SSSR count). The van der Waals surface area contributed by atoms with Crippen molar-refractivity contribution in [3.63, 3.8) is 0 Å². The number of carbonyl (C=O) groups excluding carboxylic acids is 2. The molecule has 154 valence electrons. The molecule has 2 aromatic rings. The number of amides is 1. The predicted molar refractivity (Wildman–Crippen MR) is 112 cm³/mol. The number of fused-ring (bicyclic) bond motifs is 1. The minimum Gasteiger partial charge on any atom is -0.462 e. The molecule has 0 spiro atoms. The summed E-state index contributed by atoms with van der Waals surface area (Å²) in [7, 11) is 0. The van der Waals surface area contributed by atoms with Crippen molar-refractivity contribution in [2.45, 2.75) is 58.3 Å². The number of hydrogen-bond acceptors (Lipinski definition) is 3. The molecule has 0 radical (unpaired) electrons. The van der Waals surface area contributed by atoms with E-state index in [9.17, 15) is 14.0 Å². The lowest BCUT2D eigenvalue weighted by atomic mass is 9.63. The highest BCUT2D eigenvalue weighted by Gasteiger charge is 2.37. The van der Waals surface area contributed by atoms with Crippen LogP contribution in [0.15, 0.2) is 36.4 Å².